The van der Waals surface area contributed by atoms with E-state index in [9.17, 15) is 4.79 Å². The molecule has 2 atom stereocenters. The molecule has 6 nitrogen and oxygen atoms in total. The fourth-order valence-corrected chi connectivity index (χ4v) is 3.19. The highest BCUT2D eigenvalue weighted by Crippen LogP contribution is 2.36. The van der Waals surface area contributed by atoms with Crippen molar-refractivity contribution < 1.29 is 9.53 Å². The van der Waals surface area contributed by atoms with Crippen LogP contribution >= 0.6 is 0 Å². The molecule has 112 valence electrons. The Hall–Kier alpha value is -1.43. The molecule has 1 heterocycles. The van der Waals surface area contributed by atoms with Gasteiger partial charge in [0.25, 0.3) is 0 Å². The van der Waals surface area contributed by atoms with Crippen molar-refractivity contribution in [1.82, 2.24) is 15.0 Å². The van der Waals surface area contributed by atoms with Crippen LogP contribution in [0.25, 0.3) is 0 Å². The lowest BCUT2D eigenvalue weighted by molar-refractivity contribution is 0.0592. The van der Waals surface area contributed by atoms with Gasteiger partial charge < -0.3 is 10.5 Å². The van der Waals surface area contributed by atoms with E-state index in [1.54, 1.807) is 0 Å². The summed E-state index contributed by atoms with van der Waals surface area (Å²) in [5.41, 5.74) is 6.82. The highest BCUT2D eigenvalue weighted by atomic mass is 16.5. The summed E-state index contributed by atoms with van der Waals surface area (Å²) in [4.78, 5) is 11.8. The van der Waals surface area contributed by atoms with E-state index in [1.165, 1.54) is 26.4 Å². The number of carbonyl (C=O) groups excluding carboxylic acids is 1. The third kappa shape index (κ3) is 2.85. The van der Waals surface area contributed by atoms with E-state index in [4.69, 9.17) is 10.5 Å². The van der Waals surface area contributed by atoms with E-state index in [0.29, 0.717) is 30.6 Å². The fourth-order valence-electron chi connectivity index (χ4n) is 3.19. The maximum atomic E-state index is 11.8. The first-order valence-electron chi connectivity index (χ1n) is 7.45. The number of hydrogen-bond acceptors (Lipinski definition) is 5. The molecule has 1 aliphatic carbocycles. The molecule has 1 aliphatic rings. The quantitative estimate of drug-likeness (QED) is 0.830. The molecular weight excluding hydrogens is 256 g/mol. The van der Waals surface area contributed by atoms with Gasteiger partial charge in [-0.15, -0.1) is 5.10 Å². The molecule has 0 bridgehead atoms. The second-order valence-electron chi connectivity index (χ2n) is 5.38. The molecule has 1 aromatic rings. The lowest BCUT2D eigenvalue weighted by Crippen LogP contribution is -2.26. The summed E-state index contributed by atoms with van der Waals surface area (Å²) in [5, 5.41) is 8.27. The van der Waals surface area contributed by atoms with E-state index < -0.39 is 5.97 Å². The average molecular weight is 280 g/mol. The summed E-state index contributed by atoms with van der Waals surface area (Å²) < 4.78 is 6.72. The van der Waals surface area contributed by atoms with E-state index >= 15 is 0 Å². The first-order valence-corrected chi connectivity index (χ1v) is 7.45. The Morgan fingerprint density at radius 1 is 1.45 bits per heavy atom. The minimum atomic E-state index is -0.427. The highest BCUT2D eigenvalue weighted by molar-refractivity contribution is 5.88. The number of nitrogens with two attached hydrogens (primary N) is 1. The number of carbonyl (C=O) groups is 1. The normalized spacial score (nSPS) is 22.8. The monoisotopic (exact) mass is 280 g/mol. The molecule has 2 rings (SSSR count). The number of ether oxygens (including phenoxy) is 1. The van der Waals surface area contributed by atoms with Gasteiger partial charge in [0.1, 0.15) is 0 Å². The van der Waals surface area contributed by atoms with E-state index in [2.05, 4.69) is 17.2 Å². The number of aromatic nitrogens is 3. The lowest BCUT2D eigenvalue weighted by atomic mass is 9.83. The van der Waals surface area contributed by atoms with Gasteiger partial charge in [-0.1, -0.05) is 31.4 Å². The Labute approximate surface area is 119 Å². The lowest BCUT2D eigenvalue weighted by Gasteiger charge is -2.31. The van der Waals surface area contributed by atoms with E-state index in [0.717, 1.165) is 18.5 Å². The third-order valence-corrected chi connectivity index (χ3v) is 4.26. The van der Waals surface area contributed by atoms with Crippen molar-refractivity contribution in [3.8, 4) is 0 Å². The number of rotatable bonds is 5. The van der Waals surface area contributed by atoms with Crippen LogP contribution in [0.4, 0.5) is 0 Å². The smallest absolute Gasteiger partial charge is 0.360 e. The van der Waals surface area contributed by atoms with Crippen molar-refractivity contribution in [2.75, 3.05) is 13.7 Å². The molecule has 20 heavy (non-hydrogen) atoms. The summed E-state index contributed by atoms with van der Waals surface area (Å²) in [6.45, 7) is 2.69. The van der Waals surface area contributed by atoms with Gasteiger partial charge in [-0.05, 0) is 25.3 Å². The summed E-state index contributed by atoms with van der Waals surface area (Å²) >= 11 is 0. The van der Waals surface area contributed by atoms with Crippen molar-refractivity contribution >= 4 is 5.97 Å². The van der Waals surface area contributed by atoms with Gasteiger partial charge in [0.2, 0.25) is 0 Å². The minimum absolute atomic E-state index is 0.318. The maximum Gasteiger partial charge on any atom is 0.360 e. The number of nitrogens with zero attached hydrogens (tertiary/aromatic N) is 3. The van der Waals surface area contributed by atoms with Gasteiger partial charge in [-0.3, -0.25) is 0 Å². The zero-order valence-corrected chi connectivity index (χ0v) is 12.3. The number of methoxy groups -OCH3 is 1. The molecule has 1 fully saturated rings. The van der Waals surface area contributed by atoms with Crippen LogP contribution in [0.15, 0.2) is 0 Å². The Bertz CT molecular complexity index is 458. The van der Waals surface area contributed by atoms with Gasteiger partial charge in [-0.25, -0.2) is 9.48 Å². The molecule has 0 amide bonds. The van der Waals surface area contributed by atoms with Gasteiger partial charge >= 0.3 is 5.97 Å². The van der Waals surface area contributed by atoms with Crippen LogP contribution in [-0.2, 0) is 11.2 Å². The van der Waals surface area contributed by atoms with Crippen LogP contribution in [0.5, 0.6) is 0 Å². The van der Waals surface area contributed by atoms with E-state index in [-0.39, 0.29) is 0 Å². The average Bonchev–Trinajstić information content (AvgIpc) is 2.90. The molecule has 0 aromatic carbocycles. The topological polar surface area (TPSA) is 83.0 Å². The van der Waals surface area contributed by atoms with Crippen molar-refractivity contribution in [1.29, 1.82) is 0 Å². The molecule has 0 aliphatic heterocycles. The second-order valence-corrected chi connectivity index (χ2v) is 5.38. The summed E-state index contributed by atoms with van der Waals surface area (Å²) in [7, 11) is 1.36. The van der Waals surface area contributed by atoms with Crippen LogP contribution in [-0.4, -0.2) is 34.6 Å². The molecule has 0 radical (unpaired) electrons. The van der Waals surface area contributed by atoms with Crippen molar-refractivity contribution in [2.45, 2.75) is 51.5 Å². The zero-order valence-electron chi connectivity index (χ0n) is 12.3. The van der Waals surface area contributed by atoms with Crippen LogP contribution in [0.3, 0.4) is 0 Å². The van der Waals surface area contributed by atoms with Gasteiger partial charge in [0.05, 0.1) is 18.8 Å². The van der Waals surface area contributed by atoms with Crippen LogP contribution in [0, 0.1) is 5.92 Å². The Balaban J connectivity index is 2.34. The second kappa shape index (κ2) is 6.83. The SMILES string of the molecule is CCC1CCCCC1n1nnc(C(=O)OC)c1CCN. The van der Waals surface area contributed by atoms with Crippen molar-refractivity contribution in [3.05, 3.63) is 11.4 Å². The Kier molecular flexibility index (Phi) is 5.11. The molecule has 1 saturated carbocycles. The molecule has 0 spiro atoms. The van der Waals surface area contributed by atoms with Gasteiger partial charge in [0.15, 0.2) is 5.69 Å². The van der Waals surface area contributed by atoms with Crippen molar-refractivity contribution in [3.63, 3.8) is 0 Å². The summed E-state index contributed by atoms with van der Waals surface area (Å²) in [5.74, 6) is 0.177. The predicted molar refractivity (Wildman–Crippen MR) is 75.4 cm³/mol. The largest absolute Gasteiger partial charge is 0.464 e. The number of esters is 1. The molecule has 2 N–H and O–H groups in total. The number of hydrogen-bond donors (Lipinski definition) is 1. The van der Waals surface area contributed by atoms with Gasteiger partial charge in [0, 0.05) is 6.42 Å². The van der Waals surface area contributed by atoms with Crippen LogP contribution in [0.1, 0.15) is 61.3 Å². The minimum Gasteiger partial charge on any atom is -0.464 e. The summed E-state index contributed by atoms with van der Waals surface area (Å²) in [6, 6.07) is 0.334. The molecule has 0 saturated heterocycles. The molecule has 1 aromatic heterocycles. The van der Waals surface area contributed by atoms with Crippen LogP contribution in [0.2, 0.25) is 0 Å². The predicted octanol–water partition coefficient (Wildman–Crippen LogP) is 1.71. The van der Waals surface area contributed by atoms with Crippen LogP contribution < -0.4 is 5.73 Å². The first kappa shape index (κ1) is 15.0. The third-order valence-electron chi connectivity index (χ3n) is 4.26. The maximum absolute atomic E-state index is 11.8. The van der Waals surface area contributed by atoms with E-state index in [1.807, 2.05) is 4.68 Å². The zero-order chi connectivity index (χ0) is 14.5. The van der Waals surface area contributed by atoms with Gasteiger partial charge in [-0.2, -0.15) is 0 Å². The van der Waals surface area contributed by atoms with Crippen molar-refractivity contribution in [2.24, 2.45) is 11.7 Å². The highest BCUT2D eigenvalue weighted by Gasteiger charge is 2.30. The molecule has 2 unspecified atom stereocenters. The first-order chi connectivity index (χ1) is 9.72. The standard InChI is InChI=1S/C14H24N4O2/c1-3-10-6-4-5-7-11(10)18-12(8-9-15)13(16-17-18)14(19)20-2/h10-11H,3-9,15H2,1-2H3. The Morgan fingerprint density at radius 2 is 2.20 bits per heavy atom. The molecular formula is C14H24N4O2. The molecule has 6 heteroatoms. The summed E-state index contributed by atoms with van der Waals surface area (Å²) in [6.07, 6.45) is 6.53. The fraction of sp³-hybridized carbons (Fsp3) is 0.786. The Morgan fingerprint density at radius 3 is 2.85 bits per heavy atom.